The molecule has 4 heteroatoms. The fourth-order valence-corrected chi connectivity index (χ4v) is 2.62. The Kier molecular flexibility index (Phi) is 2.72. The van der Waals surface area contributed by atoms with Gasteiger partial charge in [0.05, 0.1) is 16.1 Å². The predicted octanol–water partition coefficient (Wildman–Crippen LogP) is 3.91. The molecule has 0 amide bonds. The summed E-state index contributed by atoms with van der Waals surface area (Å²) in [5.41, 5.74) is 3.49. The number of phenolic OH excluding ortho intramolecular Hbond substituents is 1. The largest absolute Gasteiger partial charge is 0.508 e. The number of benzene rings is 2. The van der Waals surface area contributed by atoms with E-state index in [0.717, 1.165) is 28.0 Å². The zero-order valence-corrected chi connectivity index (χ0v) is 11.4. The van der Waals surface area contributed by atoms with E-state index in [9.17, 15) is 5.11 Å². The number of hydrogen-bond donors (Lipinski definition) is 1. The van der Waals surface area contributed by atoms with E-state index >= 15 is 0 Å². The lowest BCUT2D eigenvalue weighted by Crippen LogP contribution is -1.94. The first-order valence-corrected chi connectivity index (χ1v) is 6.37. The molecule has 2 aromatic carbocycles. The summed E-state index contributed by atoms with van der Waals surface area (Å²) >= 11 is 6.22. The molecule has 0 aliphatic rings. The van der Waals surface area contributed by atoms with Crippen molar-refractivity contribution in [2.24, 2.45) is 7.05 Å². The van der Waals surface area contributed by atoms with Gasteiger partial charge in [-0.15, -0.1) is 0 Å². The lowest BCUT2D eigenvalue weighted by atomic mass is 10.1. The van der Waals surface area contributed by atoms with E-state index in [1.54, 1.807) is 6.07 Å². The second-order valence-electron chi connectivity index (χ2n) is 4.55. The van der Waals surface area contributed by atoms with Crippen molar-refractivity contribution >= 4 is 22.6 Å². The average Bonchev–Trinajstić information content (AvgIpc) is 2.72. The number of aromatic hydroxyl groups is 1. The van der Waals surface area contributed by atoms with E-state index in [0.29, 0.717) is 5.02 Å². The average molecular weight is 273 g/mol. The van der Waals surface area contributed by atoms with Crippen molar-refractivity contribution in [2.45, 2.75) is 6.92 Å². The number of halogens is 1. The predicted molar refractivity (Wildman–Crippen MR) is 77.6 cm³/mol. The molecule has 1 heterocycles. The smallest absolute Gasteiger partial charge is 0.141 e. The number of imidazole rings is 1. The Bertz CT molecular complexity index is 777. The number of rotatable bonds is 1. The third-order valence-electron chi connectivity index (χ3n) is 3.39. The Balaban J connectivity index is 2.35. The van der Waals surface area contributed by atoms with E-state index in [4.69, 9.17) is 11.6 Å². The van der Waals surface area contributed by atoms with Gasteiger partial charge in [-0.05, 0) is 25.1 Å². The van der Waals surface area contributed by atoms with E-state index in [1.807, 2.05) is 48.9 Å². The lowest BCUT2D eigenvalue weighted by molar-refractivity contribution is 0.471. The summed E-state index contributed by atoms with van der Waals surface area (Å²) in [5.74, 6) is 1.08. The van der Waals surface area contributed by atoms with E-state index in [2.05, 4.69) is 4.98 Å². The van der Waals surface area contributed by atoms with Crippen LogP contribution in [0.5, 0.6) is 5.75 Å². The number of aryl methyl sites for hydroxylation is 1. The topological polar surface area (TPSA) is 38.1 Å². The molecule has 0 radical (unpaired) electrons. The summed E-state index contributed by atoms with van der Waals surface area (Å²) < 4.78 is 1.96. The number of para-hydroxylation sites is 1. The van der Waals surface area contributed by atoms with Crippen LogP contribution < -0.4 is 0 Å². The highest BCUT2D eigenvalue weighted by Crippen LogP contribution is 2.32. The highest BCUT2D eigenvalue weighted by Gasteiger charge is 2.14. The van der Waals surface area contributed by atoms with E-state index < -0.39 is 0 Å². The minimum atomic E-state index is 0.274. The highest BCUT2D eigenvalue weighted by atomic mass is 35.5. The molecule has 0 bridgehead atoms. The number of nitrogens with zero attached hydrogens (tertiary/aromatic N) is 2. The van der Waals surface area contributed by atoms with Gasteiger partial charge < -0.3 is 9.67 Å². The van der Waals surface area contributed by atoms with Crippen LogP contribution in [0.1, 0.15) is 5.56 Å². The van der Waals surface area contributed by atoms with Crippen molar-refractivity contribution in [1.29, 1.82) is 0 Å². The van der Waals surface area contributed by atoms with Gasteiger partial charge in [-0.2, -0.15) is 0 Å². The van der Waals surface area contributed by atoms with Crippen LogP contribution in [0.4, 0.5) is 0 Å². The number of hydrogen-bond acceptors (Lipinski definition) is 2. The van der Waals surface area contributed by atoms with Crippen LogP contribution in [0.2, 0.25) is 5.02 Å². The Labute approximate surface area is 116 Å². The minimum absolute atomic E-state index is 0.274. The molecule has 0 atom stereocenters. The van der Waals surface area contributed by atoms with Gasteiger partial charge in [-0.1, -0.05) is 29.8 Å². The maximum Gasteiger partial charge on any atom is 0.141 e. The summed E-state index contributed by atoms with van der Waals surface area (Å²) in [6.07, 6.45) is 0. The van der Waals surface area contributed by atoms with E-state index in [1.165, 1.54) is 0 Å². The molecule has 19 heavy (non-hydrogen) atoms. The first kappa shape index (κ1) is 12.1. The van der Waals surface area contributed by atoms with Gasteiger partial charge in [-0.3, -0.25) is 0 Å². The molecular formula is C15H13ClN2O. The molecule has 3 aromatic rings. The Morgan fingerprint density at radius 2 is 1.89 bits per heavy atom. The van der Waals surface area contributed by atoms with Crippen LogP contribution >= 0.6 is 11.6 Å². The lowest BCUT2D eigenvalue weighted by Gasteiger charge is -2.07. The van der Waals surface area contributed by atoms with Crippen molar-refractivity contribution in [3.05, 3.63) is 47.0 Å². The van der Waals surface area contributed by atoms with Gasteiger partial charge in [0.2, 0.25) is 0 Å². The molecule has 1 aromatic heterocycles. The zero-order valence-electron chi connectivity index (χ0n) is 10.7. The van der Waals surface area contributed by atoms with Crippen molar-refractivity contribution in [3.8, 4) is 17.1 Å². The summed E-state index contributed by atoms with van der Waals surface area (Å²) in [6, 6.07) is 11.1. The third-order valence-corrected chi connectivity index (χ3v) is 3.70. The number of aromatic nitrogens is 2. The van der Waals surface area contributed by atoms with Gasteiger partial charge in [0.1, 0.15) is 11.6 Å². The summed E-state index contributed by atoms with van der Waals surface area (Å²) in [5, 5.41) is 10.5. The first-order valence-electron chi connectivity index (χ1n) is 5.99. The third kappa shape index (κ3) is 1.78. The second-order valence-corrected chi connectivity index (χ2v) is 4.96. The van der Waals surface area contributed by atoms with Gasteiger partial charge in [-0.25, -0.2) is 4.98 Å². The van der Waals surface area contributed by atoms with Crippen LogP contribution in [0.15, 0.2) is 36.4 Å². The number of phenols is 1. The van der Waals surface area contributed by atoms with Gasteiger partial charge in [0.25, 0.3) is 0 Å². The molecule has 0 aliphatic heterocycles. The fourth-order valence-electron chi connectivity index (χ4n) is 2.33. The van der Waals surface area contributed by atoms with Crippen molar-refractivity contribution < 1.29 is 5.11 Å². The Hall–Kier alpha value is -2.00. The van der Waals surface area contributed by atoms with Gasteiger partial charge >= 0.3 is 0 Å². The molecule has 0 saturated carbocycles. The molecule has 96 valence electrons. The minimum Gasteiger partial charge on any atom is -0.508 e. The van der Waals surface area contributed by atoms with Gasteiger partial charge in [0.15, 0.2) is 0 Å². The van der Waals surface area contributed by atoms with Crippen LogP contribution in [0.3, 0.4) is 0 Å². The van der Waals surface area contributed by atoms with Crippen LogP contribution in [0, 0.1) is 6.92 Å². The standard InChI is InChI=1S/C15H13ClN2O/c1-9-10(5-3-8-13(9)19)15-17-12-7-4-6-11(16)14(12)18(15)2/h3-8,19H,1-2H3. The summed E-state index contributed by atoms with van der Waals surface area (Å²) in [6.45, 7) is 1.88. The molecule has 3 nitrogen and oxygen atoms in total. The molecule has 0 spiro atoms. The Morgan fingerprint density at radius 1 is 1.16 bits per heavy atom. The zero-order chi connectivity index (χ0) is 13.6. The molecular weight excluding hydrogens is 260 g/mol. The van der Waals surface area contributed by atoms with Crippen molar-refractivity contribution in [1.82, 2.24) is 9.55 Å². The van der Waals surface area contributed by atoms with Crippen LogP contribution in [-0.2, 0) is 7.05 Å². The monoisotopic (exact) mass is 272 g/mol. The summed E-state index contributed by atoms with van der Waals surface area (Å²) in [7, 11) is 1.93. The van der Waals surface area contributed by atoms with Crippen LogP contribution in [-0.4, -0.2) is 14.7 Å². The summed E-state index contributed by atoms with van der Waals surface area (Å²) in [4.78, 5) is 4.61. The molecule has 0 saturated heterocycles. The number of fused-ring (bicyclic) bond motifs is 1. The molecule has 0 fully saturated rings. The second kappa shape index (κ2) is 4.28. The van der Waals surface area contributed by atoms with Crippen molar-refractivity contribution in [2.75, 3.05) is 0 Å². The van der Waals surface area contributed by atoms with E-state index in [-0.39, 0.29) is 5.75 Å². The maximum absolute atomic E-state index is 9.82. The van der Waals surface area contributed by atoms with Crippen molar-refractivity contribution in [3.63, 3.8) is 0 Å². The van der Waals surface area contributed by atoms with Crippen LogP contribution in [0.25, 0.3) is 22.4 Å². The highest BCUT2D eigenvalue weighted by molar-refractivity contribution is 6.35. The Morgan fingerprint density at radius 3 is 2.63 bits per heavy atom. The first-order chi connectivity index (χ1) is 9.09. The quantitative estimate of drug-likeness (QED) is 0.729. The fraction of sp³-hybridized carbons (Fsp3) is 0.133. The SMILES string of the molecule is Cc1c(O)cccc1-c1nc2cccc(Cl)c2n1C. The normalized spacial score (nSPS) is 11.1. The molecule has 0 unspecified atom stereocenters. The maximum atomic E-state index is 9.82. The van der Waals surface area contributed by atoms with Gasteiger partial charge in [0, 0.05) is 18.2 Å². The molecule has 1 N–H and O–H groups in total. The molecule has 3 rings (SSSR count). The molecule has 0 aliphatic carbocycles.